The van der Waals surface area contributed by atoms with Crippen molar-refractivity contribution in [2.45, 2.75) is 13.3 Å². The molecule has 0 heterocycles. The maximum atomic E-state index is 13.3. The first kappa shape index (κ1) is 13.3. The number of hydrogen-bond donors (Lipinski definition) is 2. The molecule has 4 nitrogen and oxygen atoms in total. The molecule has 0 atom stereocenters. The van der Waals surface area contributed by atoms with Crippen molar-refractivity contribution in [2.24, 2.45) is 0 Å². The average Bonchev–Trinajstić information content (AvgIpc) is 2.29. The number of amides is 1. The van der Waals surface area contributed by atoms with Gasteiger partial charge in [-0.25, -0.2) is 4.39 Å². The lowest BCUT2D eigenvalue weighted by Crippen LogP contribution is -2.24. The molecule has 0 saturated carbocycles. The van der Waals surface area contributed by atoms with E-state index in [4.69, 9.17) is 4.74 Å². The van der Waals surface area contributed by atoms with Crippen molar-refractivity contribution in [1.82, 2.24) is 5.32 Å². The lowest BCUT2D eigenvalue weighted by molar-refractivity contribution is -0.120. The highest BCUT2D eigenvalue weighted by Gasteiger charge is 2.03. The molecular weight excluding hydrogens is 223 g/mol. The maximum absolute atomic E-state index is 13.3. The lowest BCUT2D eigenvalue weighted by atomic mass is 10.2. The molecule has 2 N–H and O–H groups in total. The number of methoxy groups -OCH3 is 1. The van der Waals surface area contributed by atoms with Gasteiger partial charge in [-0.3, -0.25) is 4.79 Å². The van der Waals surface area contributed by atoms with E-state index in [0.717, 1.165) is 0 Å². The van der Waals surface area contributed by atoms with Crippen molar-refractivity contribution in [3.05, 3.63) is 24.0 Å². The fourth-order valence-electron chi connectivity index (χ4n) is 1.38. The van der Waals surface area contributed by atoms with Gasteiger partial charge in [0.2, 0.25) is 5.91 Å². The van der Waals surface area contributed by atoms with Gasteiger partial charge in [0.05, 0.1) is 7.11 Å². The molecule has 1 aromatic rings. The number of carbonyl (C=O) groups excluding carboxylic acids is 1. The Morgan fingerprint density at radius 3 is 2.82 bits per heavy atom. The number of rotatable bonds is 6. The summed E-state index contributed by atoms with van der Waals surface area (Å²) in [6, 6.07) is 4.60. The van der Waals surface area contributed by atoms with Crippen LogP contribution in [0.1, 0.15) is 13.3 Å². The van der Waals surface area contributed by atoms with E-state index in [9.17, 15) is 9.18 Å². The first-order valence-electron chi connectivity index (χ1n) is 5.51. The Labute approximate surface area is 100 Å². The predicted octanol–water partition coefficient (Wildman–Crippen LogP) is 1.77. The minimum Gasteiger partial charge on any atom is -0.494 e. The maximum Gasteiger partial charge on any atom is 0.221 e. The van der Waals surface area contributed by atoms with E-state index in [2.05, 4.69) is 10.6 Å². The normalized spacial score (nSPS) is 9.82. The topological polar surface area (TPSA) is 50.4 Å². The molecular formula is C12H17FN2O2. The van der Waals surface area contributed by atoms with Gasteiger partial charge in [-0.2, -0.15) is 0 Å². The molecule has 0 fully saturated rings. The third kappa shape index (κ3) is 4.30. The largest absolute Gasteiger partial charge is 0.494 e. The van der Waals surface area contributed by atoms with Crippen LogP contribution in [0, 0.1) is 5.82 Å². The fourth-order valence-corrected chi connectivity index (χ4v) is 1.38. The second-order valence-electron chi connectivity index (χ2n) is 3.48. The van der Waals surface area contributed by atoms with Crippen LogP contribution in [0.4, 0.5) is 10.1 Å². The molecule has 1 amide bonds. The number of nitrogens with one attached hydrogen (secondary N) is 2. The molecule has 0 unspecified atom stereocenters. The SMILES string of the molecule is CCNC(=O)CCNc1ccc(OC)c(F)c1. The minimum absolute atomic E-state index is 0.0195. The van der Waals surface area contributed by atoms with Crippen LogP contribution in [-0.2, 0) is 4.79 Å². The second kappa shape index (κ2) is 6.73. The Hall–Kier alpha value is -1.78. The molecule has 1 rings (SSSR count). The van der Waals surface area contributed by atoms with Crippen LogP contribution in [0.5, 0.6) is 5.75 Å². The summed E-state index contributed by atoms with van der Waals surface area (Å²) in [5, 5.41) is 5.66. The molecule has 5 heteroatoms. The van der Waals surface area contributed by atoms with Crippen molar-refractivity contribution < 1.29 is 13.9 Å². The van der Waals surface area contributed by atoms with Crippen molar-refractivity contribution in [3.63, 3.8) is 0 Å². The monoisotopic (exact) mass is 240 g/mol. The Morgan fingerprint density at radius 1 is 1.47 bits per heavy atom. The molecule has 17 heavy (non-hydrogen) atoms. The molecule has 0 spiro atoms. The molecule has 0 bridgehead atoms. The Balaban J connectivity index is 2.42. The summed E-state index contributed by atoms with van der Waals surface area (Å²) in [6.45, 7) is 2.96. The van der Waals surface area contributed by atoms with Crippen molar-refractivity contribution in [2.75, 3.05) is 25.5 Å². The third-order valence-electron chi connectivity index (χ3n) is 2.21. The number of ether oxygens (including phenoxy) is 1. The summed E-state index contributed by atoms with van der Waals surface area (Å²) in [6.07, 6.45) is 0.363. The molecule has 1 aromatic carbocycles. The van der Waals surface area contributed by atoms with Crippen molar-refractivity contribution >= 4 is 11.6 Å². The molecule has 0 radical (unpaired) electrons. The van der Waals surface area contributed by atoms with E-state index in [1.165, 1.54) is 13.2 Å². The number of carbonyl (C=O) groups is 1. The molecule has 0 aliphatic carbocycles. The van der Waals surface area contributed by atoms with E-state index < -0.39 is 5.82 Å². The lowest BCUT2D eigenvalue weighted by Gasteiger charge is -2.08. The van der Waals surface area contributed by atoms with Gasteiger partial charge in [-0.15, -0.1) is 0 Å². The summed E-state index contributed by atoms with van der Waals surface area (Å²) < 4.78 is 18.1. The van der Waals surface area contributed by atoms with E-state index in [1.54, 1.807) is 12.1 Å². The van der Waals surface area contributed by atoms with Gasteiger partial charge in [0.15, 0.2) is 11.6 Å². The van der Waals surface area contributed by atoms with E-state index >= 15 is 0 Å². The molecule has 0 aromatic heterocycles. The number of benzene rings is 1. The number of hydrogen-bond acceptors (Lipinski definition) is 3. The minimum atomic E-state index is -0.421. The quantitative estimate of drug-likeness (QED) is 0.796. The Kier molecular flexibility index (Phi) is 5.26. The first-order chi connectivity index (χ1) is 8.17. The number of anilines is 1. The van der Waals surface area contributed by atoms with Crippen LogP contribution in [0.3, 0.4) is 0 Å². The molecule has 0 aliphatic heterocycles. The average molecular weight is 240 g/mol. The first-order valence-corrected chi connectivity index (χ1v) is 5.51. The van der Waals surface area contributed by atoms with E-state index in [1.807, 2.05) is 6.92 Å². The van der Waals surface area contributed by atoms with Gasteiger partial charge >= 0.3 is 0 Å². The van der Waals surface area contributed by atoms with Crippen LogP contribution in [0.25, 0.3) is 0 Å². The van der Waals surface area contributed by atoms with Crippen molar-refractivity contribution in [1.29, 1.82) is 0 Å². The number of halogens is 1. The zero-order valence-corrected chi connectivity index (χ0v) is 10.0. The highest BCUT2D eigenvalue weighted by Crippen LogP contribution is 2.20. The van der Waals surface area contributed by atoms with Gasteiger partial charge in [0.1, 0.15) is 0 Å². The summed E-state index contributed by atoms with van der Waals surface area (Å²) in [4.78, 5) is 11.2. The summed E-state index contributed by atoms with van der Waals surface area (Å²) in [5.41, 5.74) is 0.632. The summed E-state index contributed by atoms with van der Waals surface area (Å²) >= 11 is 0. The Morgan fingerprint density at radius 2 is 2.24 bits per heavy atom. The van der Waals surface area contributed by atoms with Crippen LogP contribution in [0.2, 0.25) is 0 Å². The highest BCUT2D eigenvalue weighted by atomic mass is 19.1. The standard InChI is InChI=1S/C12H17FN2O2/c1-3-14-12(16)6-7-15-9-4-5-11(17-2)10(13)8-9/h4-5,8,15H,3,6-7H2,1-2H3,(H,14,16). The van der Waals surface area contributed by atoms with Gasteiger partial charge in [0, 0.05) is 31.3 Å². The van der Waals surface area contributed by atoms with Crippen LogP contribution < -0.4 is 15.4 Å². The smallest absolute Gasteiger partial charge is 0.221 e. The second-order valence-corrected chi connectivity index (χ2v) is 3.48. The highest BCUT2D eigenvalue weighted by molar-refractivity contribution is 5.76. The third-order valence-corrected chi connectivity index (χ3v) is 2.21. The van der Waals surface area contributed by atoms with Crippen molar-refractivity contribution in [3.8, 4) is 5.75 Å². The molecule has 94 valence electrons. The summed E-state index contributed by atoms with van der Waals surface area (Å²) in [7, 11) is 1.42. The van der Waals surface area contributed by atoms with E-state index in [0.29, 0.717) is 25.2 Å². The molecule has 0 aliphatic rings. The zero-order chi connectivity index (χ0) is 12.7. The Bertz CT molecular complexity index is 383. The fraction of sp³-hybridized carbons (Fsp3) is 0.417. The summed E-state index contributed by atoms with van der Waals surface area (Å²) in [5.74, 6) is -0.233. The predicted molar refractivity (Wildman–Crippen MR) is 64.7 cm³/mol. The molecule has 0 saturated heterocycles. The van der Waals surface area contributed by atoms with Gasteiger partial charge in [-0.05, 0) is 19.1 Å². The van der Waals surface area contributed by atoms with Crippen LogP contribution >= 0.6 is 0 Å². The van der Waals surface area contributed by atoms with Crippen LogP contribution in [-0.4, -0.2) is 26.1 Å². The van der Waals surface area contributed by atoms with Gasteiger partial charge in [0.25, 0.3) is 0 Å². The van der Waals surface area contributed by atoms with Gasteiger partial charge in [-0.1, -0.05) is 0 Å². The van der Waals surface area contributed by atoms with E-state index in [-0.39, 0.29) is 11.7 Å². The zero-order valence-electron chi connectivity index (χ0n) is 10.0. The van der Waals surface area contributed by atoms with Crippen LogP contribution in [0.15, 0.2) is 18.2 Å². The van der Waals surface area contributed by atoms with Gasteiger partial charge < -0.3 is 15.4 Å².